The second-order valence-electron chi connectivity index (χ2n) is 3.94. The Balaban J connectivity index is 2.19. The van der Waals surface area contributed by atoms with E-state index in [0.717, 1.165) is 10.9 Å². The van der Waals surface area contributed by atoms with Gasteiger partial charge in [0.15, 0.2) is 0 Å². The lowest BCUT2D eigenvalue weighted by Crippen LogP contribution is -2.13. The van der Waals surface area contributed by atoms with Gasteiger partial charge in [0.1, 0.15) is 0 Å². The van der Waals surface area contributed by atoms with Crippen molar-refractivity contribution in [1.82, 2.24) is 0 Å². The van der Waals surface area contributed by atoms with Crippen LogP contribution in [0.2, 0.25) is 0 Å². The summed E-state index contributed by atoms with van der Waals surface area (Å²) in [6.45, 7) is 0. The summed E-state index contributed by atoms with van der Waals surface area (Å²) in [5.74, 6) is -0.274. The van der Waals surface area contributed by atoms with Gasteiger partial charge in [0.05, 0.1) is 17.2 Å². The summed E-state index contributed by atoms with van der Waals surface area (Å²) >= 11 is 3.37. The van der Waals surface area contributed by atoms with Crippen molar-refractivity contribution in [3.8, 4) is 6.07 Å². The van der Waals surface area contributed by atoms with Crippen molar-refractivity contribution in [2.45, 2.75) is 5.33 Å². The first kappa shape index (κ1) is 13.3. The summed E-state index contributed by atoms with van der Waals surface area (Å²) in [6.07, 6.45) is 0. The average Bonchev–Trinajstić information content (AvgIpc) is 2.48. The summed E-state index contributed by atoms with van der Waals surface area (Å²) in [7, 11) is 0. The van der Waals surface area contributed by atoms with Gasteiger partial charge in [-0.05, 0) is 29.8 Å². The molecule has 0 atom stereocenters. The second-order valence-corrected chi connectivity index (χ2v) is 4.50. The van der Waals surface area contributed by atoms with E-state index in [9.17, 15) is 4.79 Å². The summed E-state index contributed by atoms with van der Waals surface area (Å²) < 4.78 is 0. The number of carbonyl (C=O) groups is 1. The molecular formula is C15H11BrN2O. The Labute approximate surface area is 120 Å². The van der Waals surface area contributed by atoms with Crippen LogP contribution in [0.1, 0.15) is 21.5 Å². The highest BCUT2D eigenvalue weighted by Crippen LogP contribution is 2.14. The first-order chi connectivity index (χ1) is 9.24. The van der Waals surface area contributed by atoms with Crippen LogP contribution >= 0.6 is 15.9 Å². The van der Waals surface area contributed by atoms with Crippen LogP contribution in [0, 0.1) is 11.3 Å². The third kappa shape index (κ3) is 3.21. The average molecular weight is 315 g/mol. The van der Waals surface area contributed by atoms with Gasteiger partial charge < -0.3 is 5.32 Å². The van der Waals surface area contributed by atoms with E-state index in [4.69, 9.17) is 5.26 Å². The van der Waals surface area contributed by atoms with E-state index in [0.29, 0.717) is 16.8 Å². The zero-order valence-electron chi connectivity index (χ0n) is 10.1. The van der Waals surface area contributed by atoms with E-state index in [1.54, 1.807) is 24.3 Å². The van der Waals surface area contributed by atoms with E-state index in [-0.39, 0.29) is 5.91 Å². The Kier molecular flexibility index (Phi) is 4.32. The van der Waals surface area contributed by atoms with Crippen molar-refractivity contribution in [1.29, 1.82) is 5.26 Å². The molecule has 4 heteroatoms. The fourth-order valence-electron chi connectivity index (χ4n) is 1.65. The topological polar surface area (TPSA) is 52.9 Å². The van der Waals surface area contributed by atoms with Crippen molar-refractivity contribution in [2.75, 3.05) is 5.32 Å². The van der Waals surface area contributed by atoms with Gasteiger partial charge in [-0.25, -0.2) is 0 Å². The van der Waals surface area contributed by atoms with Crippen LogP contribution < -0.4 is 5.32 Å². The Morgan fingerprint density at radius 2 is 1.84 bits per heavy atom. The van der Waals surface area contributed by atoms with Gasteiger partial charge in [-0.15, -0.1) is 0 Å². The maximum Gasteiger partial charge on any atom is 0.257 e. The summed E-state index contributed by atoms with van der Waals surface area (Å²) in [6, 6.07) is 16.3. The highest BCUT2D eigenvalue weighted by atomic mass is 79.9. The van der Waals surface area contributed by atoms with Gasteiger partial charge in [0, 0.05) is 11.0 Å². The number of amides is 1. The van der Waals surface area contributed by atoms with Crippen LogP contribution in [-0.2, 0) is 5.33 Å². The maximum absolute atomic E-state index is 12.1. The van der Waals surface area contributed by atoms with Gasteiger partial charge in [0.2, 0.25) is 0 Å². The van der Waals surface area contributed by atoms with Crippen LogP contribution in [0.25, 0.3) is 0 Å². The standard InChI is InChI=1S/C15H11BrN2O/c16-9-11-5-7-13(8-6-11)18-15(19)14-4-2-1-3-12(14)10-17/h1-8H,9H2,(H,18,19). The minimum absolute atomic E-state index is 0.274. The molecule has 3 nitrogen and oxygen atoms in total. The first-order valence-electron chi connectivity index (χ1n) is 5.70. The van der Waals surface area contributed by atoms with Crippen LogP contribution in [0.4, 0.5) is 5.69 Å². The monoisotopic (exact) mass is 314 g/mol. The molecule has 0 saturated carbocycles. The van der Waals surface area contributed by atoms with Crippen molar-refractivity contribution in [3.05, 3.63) is 65.2 Å². The van der Waals surface area contributed by atoms with E-state index < -0.39 is 0 Å². The smallest absolute Gasteiger partial charge is 0.257 e. The molecule has 0 aliphatic heterocycles. The minimum atomic E-state index is -0.274. The van der Waals surface area contributed by atoms with E-state index in [1.165, 1.54) is 0 Å². The molecule has 0 bridgehead atoms. The molecule has 2 rings (SSSR count). The molecule has 0 unspecified atom stereocenters. The number of nitrogens with one attached hydrogen (secondary N) is 1. The molecule has 0 fully saturated rings. The summed E-state index contributed by atoms with van der Waals surface area (Å²) in [5.41, 5.74) is 2.60. The number of anilines is 1. The molecule has 94 valence electrons. The quantitative estimate of drug-likeness (QED) is 0.878. The van der Waals surface area contributed by atoms with Gasteiger partial charge in [0.25, 0.3) is 5.91 Å². The summed E-state index contributed by atoms with van der Waals surface area (Å²) in [4.78, 5) is 12.1. The van der Waals surface area contributed by atoms with Gasteiger partial charge in [-0.1, -0.05) is 40.2 Å². The molecule has 0 spiro atoms. The molecular weight excluding hydrogens is 304 g/mol. The fourth-order valence-corrected chi connectivity index (χ4v) is 2.03. The fraction of sp³-hybridized carbons (Fsp3) is 0.0667. The zero-order chi connectivity index (χ0) is 13.7. The lowest BCUT2D eigenvalue weighted by atomic mass is 10.1. The first-order valence-corrected chi connectivity index (χ1v) is 6.82. The number of alkyl halides is 1. The van der Waals surface area contributed by atoms with Gasteiger partial charge in [-0.3, -0.25) is 4.79 Å². The van der Waals surface area contributed by atoms with Crippen LogP contribution in [-0.4, -0.2) is 5.91 Å². The van der Waals surface area contributed by atoms with E-state index >= 15 is 0 Å². The number of rotatable bonds is 3. The molecule has 0 aliphatic carbocycles. The molecule has 1 amide bonds. The minimum Gasteiger partial charge on any atom is -0.322 e. The Bertz CT molecular complexity index is 629. The molecule has 0 radical (unpaired) electrons. The molecule has 0 aromatic heterocycles. The predicted molar refractivity (Wildman–Crippen MR) is 78.2 cm³/mol. The number of halogens is 1. The predicted octanol–water partition coefficient (Wildman–Crippen LogP) is 3.71. The second kappa shape index (κ2) is 6.17. The van der Waals surface area contributed by atoms with Crippen molar-refractivity contribution in [3.63, 3.8) is 0 Å². The number of hydrogen-bond donors (Lipinski definition) is 1. The summed E-state index contributed by atoms with van der Waals surface area (Å²) in [5, 5.41) is 12.5. The van der Waals surface area contributed by atoms with Crippen LogP contribution in [0.15, 0.2) is 48.5 Å². The highest BCUT2D eigenvalue weighted by molar-refractivity contribution is 9.08. The SMILES string of the molecule is N#Cc1ccccc1C(=O)Nc1ccc(CBr)cc1. The zero-order valence-corrected chi connectivity index (χ0v) is 11.6. The molecule has 2 aromatic rings. The van der Waals surface area contributed by atoms with Crippen molar-refractivity contribution >= 4 is 27.5 Å². The third-order valence-electron chi connectivity index (χ3n) is 2.66. The molecule has 2 aromatic carbocycles. The Morgan fingerprint density at radius 1 is 1.16 bits per heavy atom. The number of hydrogen-bond acceptors (Lipinski definition) is 2. The van der Waals surface area contributed by atoms with Crippen LogP contribution in [0.5, 0.6) is 0 Å². The largest absolute Gasteiger partial charge is 0.322 e. The molecule has 0 heterocycles. The number of carbonyl (C=O) groups excluding carboxylic acids is 1. The van der Waals surface area contributed by atoms with Gasteiger partial charge >= 0.3 is 0 Å². The highest BCUT2D eigenvalue weighted by Gasteiger charge is 2.10. The molecule has 0 aliphatic rings. The van der Waals surface area contributed by atoms with Crippen LogP contribution in [0.3, 0.4) is 0 Å². The number of nitriles is 1. The molecule has 1 N–H and O–H groups in total. The maximum atomic E-state index is 12.1. The normalized spacial score (nSPS) is 9.68. The van der Waals surface area contributed by atoms with Crippen molar-refractivity contribution in [2.24, 2.45) is 0 Å². The lowest BCUT2D eigenvalue weighted by molar-refractivity contribution is 0.102. The third-order valence-corrected chi connectivity index (χ3v) is 3.31. The Morgan fingerprint density at radius 3 is 2.47 bits per heavy atom. The lowest BCUT2D eigenvalue weighted by Gasteiger charge is -2.07. The van der Waals surface area contributed by atoms with E-state index in [1.807, 2.05) is 30.3 Å². The molecule has 19 heavy (non-hydrogen) atoms. The van der Waals surface area contributed by atoms with E-state index in [2.05, 4.69) is 21.2 Å². The van der Waals surface area contributed by atoms with Gasteiger partial charge in [-0.2, -0.15) is 5.26 Å². The number of nitrogens with zero attached hydrogens (tertiary/aromatic N) is 1. The number of benzene rings is 2. The molecule has 0 saturated heterocycles. The van der Waals surface area contributed by atoms with Crippen molar-refractivity contribution < 1.29 is 4.79 Å². The Hall–Kier alpha value is -2.12.